The van der Waals surface area contributed by atoms with Crippen LogP contribution in [-0.2, 0) is 4.79 Å². The highest BCUT2D eigenvalue weighted by atomic mass is 79.9. The smallest absolute Gasteiger partial charge is 0.221 e. The first kappa shape index (κ1) is 18.8. The Kier molecular flexibility index (Phi) is 8.71. The number of nitrogens with one attached hydrogen (secondary N) is 2. The minimum absolute atomic E-state index is 0. The summed E-state index contributed by atoms with van der Waals surface area (Å²) in [6, 6.07) is 8.77. The van der Waals surface area contributed by atoms with Gasteiger partial charge in [0, 0.05) is 33.6 Å². The summed E-state index contributed by atoms with van der Waals surface area (Å²) in [5, 5.41) is 6.54. The highest BCUT2D eigenvalue weighted by Crippen LogP contribution is 2.27. The second-order valence-electron chi connectivity index (χ2n) is 5.09. The van der Waals surface area contributed by atoms with Gasteiger partial charge in [-0.1, -0.05) is 12.1 Å². The van der Waals surface area contributed by atoms with Crippen molar-refractivity contribution in [2.75, 3.05) is 12.3 Å². The van der Waals surface area contributed by atoms with Gasteiger partial charge < -0.3 is 10.6 Å². The van der Waals surface area contributed by atoms with Crippen LogP contribution in [0.25, 0.3) is 0 Å². The Morgan fingerprint density at radius 2 is 2.24 bits per heavy atom. The molecule has 0 radical (unpaired) electrons. The molecule has 3 nitrogen and oxygen atoms in total. The zero-order valence-electron chi connectivity index (χ0n) is 12.1. The zero-order valence-corrected chi connectivity index (χ0v) is 15.3. The maximum atomic E-state index is 12.0. The monoisotopic (exact) mass is 392 g/mol. The van der Waals surface area contributed by atoms with Gasteiger partial charge in [-0.25, -0.2) is 0 Å². The Bertz CT molecular complexity index is 461. The van der Waals surface area contributed by atoms with Crippen LogP contribution in [0, 0.1) is 0 Å². The third kappa shape index (κ3) is 6.19. The van der Waals surface area contributed by atoms with Crippen LogP contribution in [0.3, 0.4) is 0 Å². The lowest BCUT2D eigenvalue weighted by molar-refractivity contribution is -0.121. The number of amides is 1. The molecular weight excluding hydrogens is 372 g/mol. The first-order valence-electron chi connectivity index (χ1n) is 7.07. The predicted octanol–water partition coefficient (Wildman–Crippen LogP) is 3.61. The fourth-order valence-electron chi connectivity index (χ4n) is 2.34. The van der Waals surface area contributed by atoms with Crippen molar-refractivity contribution < 1.29 is 4.79 Å². The van der Waals surface area contributed by atoms with Gasteiger partial charge in [0.15, 0.2) is 0 Å². The fraction of sp³-hybridized carbons (Fsp3) is 0.533. The molecule has 1 aromatic carbocycles. The molecule has 2 unspecified atom stereocenters. The highest BCUT2D eigenvalue weighted by molar-refractivity contribution is 9.10. The normalized spacial score (nSPS) is 21.4. The second-order valence-corrected chi connectivity index (χ2v) is 7.08. The quantitative estimate of drug-likeness (QED) is 0.751. The average Bonchev–Trinajstić information content (AvgIpc) is 2.43. The number of hydrogen-bond donors (Lipinski definition) is 2. The van der Waals surface area contributed by atoms with Crippen molar-refractivity contribution in [2.45, 2.75) is 43.2 Å². The maximum Gasteiger partial charge on any atom is 0.221 e. The van der Waals surface area contributed by atoms with Crippen molar-refractivity contribution in [1.29, 1.82) is 0 Å². The summed E-state index contributed by atoms with van der Waals surface area (Å²) in [6.07, 6.45) is 2.79. The molecule has 1 aromatic rings. The molecule has 0 bridgehead atoms. The van der Waals surface area contributed by atoms with E-state index in [1.165, 1.54) is 4.90 Å². The van der Waals surface area contributed by atoms with Gasteiger partial charge in [0.25, 0.3) is 0 Å². The Hall–Kier alpha value is -0.230. The first-order chi connectivity index (χ1) is 9.66. The van der Waals surface area contributed by atoms with E-state index < -0.39 is 0 Å². The molecule has 2 N–H and O–H groups in total. The van der Waals surface area contributed by atoms with Gasteiger partial charge in [0.2, 0.25) is 5.91 Å². The molecule has 6 heteroatoms. The average molecular weight is 394 g/mol. The number of rotatable bonds is 5. The molecule has 1 heterocycles. The van der Waals surface area contributed by atoms with E-state index in [1.807, 2.05) is 18.2 Å². The lowest BCUT2D eigenvalue weighted by Crippen LogP contribution is -2.51. The van der Waals surface area contributed by atoms with E-state index in [2.05, 4.69) is 39.6 Å². The molecule has 1 aliphatic rings. The summed E-state index contributed by atoms with van der Waals surface area (Å²) >= 11 is 5.24. The number of piperidine rings is 1. The van der Waals surface area contributed by atoms with Crippen LogP contribution in [0.5, 0.6) is 0 Å². The van der Waals surface area contributed by atoms with E-state index >= 15 is 0 Å². The standard InChI is InChI=1S/C15H21BrN2OS.ClH/c1-11-13(6-4-9-17-11)18-15(19)8-10-20-14-7-3-2-5-12(14)16;/h2-3,5,7,11,13,17H,4,6,8-10H2,1H3,(H,18,19);1H. The number of benzene rings is 1. The van der Waals surface area contributed by atoms with Gasteiger partial charge >= 0.3 is 0 Å². The fourth-order valence-corrected chi connectivity index (χ4v) is 3.85. The molecule has 2 rings (SSSR count). The zero-order chi connectivity index (χ0) is 14.4. The molecule has 21 heavy (non-hydrogen) atoms. The van der Waals surface area contributed by atoms with Gasteiger partial charge in [-0.3, -0.25) is 4.79 Å². The summed E-state index contributed by atoms with van der Waals surface area (Å²) in [6.45, 7) is 3.20. The summed E-state index contributed by atoms with van der Waals surface area (Å²) < 4.78 is 1.09. The van der Waals surface area contributed by atoms with E-state index in [-0.39, 0.29) is 24.4 Å². The number of halogens is 2. The van der Waals surface area contributed by atoms with Crippen LogP contribution in [0.4, 0.5) is 0 Å². The van der Waals surface area contributed by atoms with Gasteiger partial charge in [-0.05, 0) is 54.4 Å². The van der Waals surface area contributed by atoms with Gasteiger partial charge in [-0.15, -0.1) is 24.2 Å². The van der Waals surface area contributed by atoms with Crippen molar-refractivity contribution in [3.8, 4) is 0 Å². The Morgan fingerprint density at radius 3 is 2.95 bits per heavy atom. The maximum absolute atomic E-state index is 12.0. The highest BCUT2D eigenvalue weighted by Gasteiger charge is 2.21. The first-order valence-corrected chi connectivity index (χ1v) is 8.85. The Balaban J connectivity index is 0.00000220. The van der Waals surface area contributed by atoms with E-state index in [0.717, 1.165) is 29.6 Å². The SMILES string of the molecule is CC1NCCCC1NC(=O)CCSc1ccccc1Br.Cl. The Morgan fingerprint density at radius 1 is 1.48 bits per heavy atom. The molecule has 2 atom stereocenters. The van der Waals surface area contributed by atoms with Gasteiger partial charge in [0.1, 0.15) is 0 Å². The van der Waals surface area contributed by atoms with E-state index in [4.69, 9.17) is 0 Å². The topological polar surface area (TPSA) is 41.1 Å². The van der Waals surface area contributed by atoms with Crippen LogP contribution in [0.1, 0.15) is 26.2 Å². The summed E-state index contributed by atoms with van der Waals surface area (Å²) in [7, 11) is 0. The van der Waals surface area contributed by atoms with Crippen LogP contribution < -0.4 is 10.6 Å². The van der Waals surface area contributed by atoms with Crippen LogP contribution in [0.2, 0.25) is 0 Å². The molecule has 1 aliphatic heterocycles. The molecule has 1 saturated heterocycles. The summed E-state index contributed by atoms with van der Waals surface area (Å²) in [5.41, 5.74) is 0. The van der Waals surface area contributed by atoms with E-state index in [1.54, 1.807) is 11.8 Å². The number of thioether (sulfide) groups is 1. The van der Waals surface area contributed by atoms with Crippen LogP contribution in [-0.4, -0.2) is 30.3 Å². The molecule has 1 fully saturated rings. The van der Waals surface area contributed by atoms with Crippen molar-refractivity contribution in [3.63, 3.8) is 0 Å². The second kappa shape index (κ2) is 9.72. The van der Waals surface area contributed by atoms with Crippen LogP contribution in [0.15, 0.2) is 33.6 Å². The van der Waals surface area contributed by atoms with E-state index in [0.29, 0.717) is 12.5 Å². The molecule has 1 amide bonds. The van der Waals surface area contributed by atoms with Crippen molar-refractivity contribution >= 4 is 46.0 Å². The molecule has 0 saturated carbocycles. The lowest BCUT2D eigenvalue weighted by atomic mass is 10.00. The lowest BCUT2D eigenvalue weighted by Gasteiger charge is -2.30. The molecular formula is C15H22BrClN2OS. The van der Waals surface area contributed by atoms with E-state index in [9.17, 15) is 4.79 Å². The Labute approximate surface area is 145 Å². The van der Waals surface area contributed by atoms with Crippen molar-refractivity contribution in [2.24, 2.45) is 0 Å². The summed E-state index contributed by atoms with van der Waals surface area (Å²) in [4.78, 5) is 13.2. The third-order valence-electron chi connectivity index (χ3n) is 3.53. The van der Waals surface area contributed by atoms with Gasteiger partial charge in [0.05, 0.1) is 0 Å². The number of carbonyl (C=O) groups is 1. The van der Waals surface area contributed by atoms with Crippen molar-refractivity contribution in [1.82, 2.24) is 10.6 Å². The predicted molar refractivity (Wildman–Crippen MR) is 95.4 cm³/mol. The number of carbonyl (C=O) groups excluding carboxylic acids is 1. The molecule has 0 aromatic heterocycles. The minimum atomic E-state index is 0. The minimum Gasteiger partial charge on any atom is -0.352 e. The molecule has 118 valence electrons. The van der Waals surface area contributed by atoms with Gasteiger partial charge in [-0.2, -0.15) is 0 Å². The summed E-state index contributed by atoms with van der Waals surface area (Å²) in [5.74, 6) is 0.966. The van der Waals surface area contributed by atoms with Crippen LogP contribution >= 0.6 is 40.1 Å². The number of hydrogen-bond acceptors (Lipinski definition) is 3. The third-order valence-corrected chi connectivity index (χ3v) is 5.56. The largest absolute Gasteiger partial charge is 0.352 e. The molecule has 0 spiro atoms. The molecule has 0 aliphatic carbocycles. The van der Waals surface area contributed by atoms with Crippen molar-refractivity contribution in [3.05, 3.63) is 28.7 Å².